The zero-order valence-corrected chi connectivity index (χ0v) is 11.9. The minimum atomic E-state index is -0.428. The van der Waals surface area contributed by atoms with E-state index in [1.54, 1.807) is 25.2 Å². The summed E-state index contributed by atoms with van der Waals surface area (Å²) in [5.41, 5.74) is 1.45. The molecule has 0 atom stereocenters. The molecule has 0 saturated heterocycles. The third-order valence-electron chi connectivity index (χ3n) is 3.92. The molecule has 4 nitrogen and oxygen atoms in total. The third kappa shape index (κ3) is 2.55. The van der Waals surface area contributed by atoms with E-state index < -0.39 is 5.82 Å². The fraction of sp³-hybridized carbons (Fsp3) is 0.375. The average molecular weight is 288 g/mol. The van der Waals surface area contributed by atoms with Gasteiger partial charge in [-0.15, -0.1) is 0 Å². The lowest BCUT2D eigenvalue weighted by Crippen LogP contribution is -2.28. The SMILES string of the molecule is CN(C(=O)c1noc2c1CCCCC2)c1ccccc1F. The highest BCUT2D eigenvalue weighted by molar-refractivity contribution is 6.05. The van der Waals surface area contributed by atoms with Crippen molar-refractivity contribution in [2.75, 3.05) is 11.9 Å². The van der Waals surface area contributed by atoms with E-state index in [1.807, 2.05) is 0 Å². The van der Waals surface area contributed by atoms with Gasteiger partial charge in [0.05, 0.1) is 5.69 Å². The summed E-state index contributed by atoms with van der Waals surface area (Å²) >= 11 is 0. The molecule has 0 saturated carbocycles. The number of hydrogen-bond donors (Lipinski definition) is 0. The van der Waals surface area contributed by atoms with Gasteiger partial charge < -0.3 is 9.42 Å². The van der Waals surface area contributed by atoms with E-state index in [9.17, 15) is 9.18 Å². The lowest BCUT2D eigenvalue weighted by Gasteiger charge is -2.17. The molecule has 1 heterocycles. The summed E-state index contributed by atoms with van der Waals surface area (Å²) in [5.74, 6) is 0.0488. The maximum absolute atomic E-state index is 13.8. The molecule has 110 valence electrons. The van der Waals surface area contributed by atoms with E-state index in [4.69, 9.17) is 4.52 Å². The van der Waals surface area contributed by atoms with Crippen molar-refractivity contribution >= 4 is 11.6 Å². The highest BCUT2D eigenvalue weighted by Gasteiger charge is 2.26. The maximum atomic E-state index is 13.8. The predicted molar refractivity (Wildman–Crippen MR) is 76.9 cm³/mol. The molecule has 21 heavy (non-hydrogen) atoms. The van der Waals surface area contributed by atoms with E-state index in [1.165, 1.54) is 11.0 Å². The van der Waals surface area contributed by atoms with Crippen molar-refractivity contribution in [1.29, 1.82) is 0 Å². The van der Waals surface area contributed by atoms with Crippen LogP contribution >= 0.6 is 0 Å². The molecule has 0 unspecified atom stereocenters. The van der Waals surface area contributed by atoms with Gasteiger partial charge >= 0.3 is 0 Å². The van der Waals surface area contributed by atoms with Gasteiger partial charge in [0.2, 0.25) is 0 Å². The average Bonchev–Trinajstić information content (AvgIpc) is 2.75. The summed E-state index contributed by atoms with van der Waals surface area (Å²) in [5, 5.41) is 3.93. The van der Waals surface area contributed by atoms with Crippen LogP contribution in [0.5, 0.6) is 0 Å². The summed E-state index contributed by atoms with van der Waals surface area (Å²) in [6.45, 7) is 0. The van der Waals surface area contributed by atoms with Gasteiger partial charge in [-0.2, -0.15) is 0 Å². The Bertz CT molecular complexity index is 666. The van der Waals surface area contributed by atoms with Gasteiger partial charge in [-0.05, 0) is 31.4 Å². The number of hydrogen-bond acceptors (Lipinski definition) is 3. The van der Waals surface area contributed by atoms with Crippen LogP contribution in [-0.4, -0.2) is 18.1 Å². The Kier molecular flexibility index (Phi) is 3.73. The Balaban J connectivity index is 1.92. The molecule has 1 aliphatic rings. The zero-order chi connectivity index (χ0) is 14.8. The van der Waals surface area contributed by atoms with Crippen LogP contribution < -0.4 is 4.90 Å². The third-order valence-corrected chi connectivity index (χ3v) is 3.92. The number of rotatable bonds is 2. The minimum Gasteiger partial charge on any atom is -0.360 e. The summed E-state index contributed by atoms with van der Waals surface area (Å²) in [6.07, 6.45) is 4.82. The predicted octanol–water partition coefficient (Wildman–Crippen LogP) is 3.36. The quantitative estimate of drug-likeness (QED) is 0.796. The number of anilines is 1. The number of nitrogens with zero attached hydrogens (tertiary/aromatic N) is 2. The van der Waals surface area contributed by atoms with Crippen molar-refractivity contribution in [2.24, 2.45) is 0 Å². The summed E-state index contributed by atoms with van der Waals surface area (Å²) in [4.78, 5) is 13.9. The van der Waals surface area contributed by atoms with Crippen LogP contribution in [0.2, 0.25) is 0 Å². The first-order valence-corrected chi connectivity index (χ1v) is 7.18. The van der Waals surface area contributed by atoms with Crippen LogP contribution in [-0.2, 0) is 12.8 Å². The second kappa shape index (κ2) is 5.68. The number of benzene rings is 1. The van der Waals surface area contributed by atoms with Crippen LogP contribution in [0.4, 0.5) is 10.1 Å². The molecule has 0 N–H and O–H groups in total. The van der Waals surface area contributed by atoms with E-state index in [0.717, 1.165) is 43.4 Å². The number of halogens is 1. The number of aryl methyl sites for hydroxylation is 1. The fourth-order valence-corrected chi connectivity index (χ4v) is 2.72. The fourth-order valence-electron chi connectivity index (χ4n) is 2.72. The standard InChI is InChI=1S/C16H17FN2O2/c1-19(13-9-6-5-8-12(13)17)16(20)15-11-7-3-2-4-10-14(11)21-18-15/h5-6,8-9H,2-4,7,10H2,1H3. The first-order valence-electron chi connectivity index (χ1n) is 7.18. The van der Waals surface area contributed by atoms with Crippen molar-refractivity contribution in [2.45, 2.75) is 32.1 Å². The Morgan fingerprint density at radius 1 is 1.24 bits per heavy atom. The van der Waals surface area contributed by atoms with Crippen molar-refractivity contribution in [3.05, 3.63) is 47.1 Å². The molecule has 0 aliphatic heterocycles. The van der Waals surface area contributed by atoms with Gasteiger partial charge in [-0.25, -0.2) is 4.39 Å². The van der Waals surface area contributed by atoms with E-state index in [0.29, 0.717) is 5.69 Å². The van der Waals surface area contributed by atoms with E-state index >= 15 is 0 Å². The Labute approximate surface area is 122 Å². The van der Waals surface area contributed by atoms with Crippen LogP contribution in [0.3, 0.4) is 0 Å². The van der Waals surface area contributed by atoms with Crippen molar-refractivity contribution in [3.63, 3.8) is 0 Å². The van der Waals surface area contributed by atoms with Crippen molar-refractivity contribution < 1.29 is 13.7 Å². The van der Waals surface area contributed by atoms with Gasteiger partial charge in [-0.3, -0.25) is 4.79 Å². The highest BCUT2D eigenvalue weighted by atomic mass is 19.1. The molecular formula is C16H17FN2O2. The first kappa shape index (κ1) is 13.8. The van der Waals surface area contributed by atoms with Gasteiger partial charge in [-0.1, -0.05) is 23.7 Å². The number of fused-ring (bicyclic) bond motifs is 1. The molecule has 3 rings (SSSR count). The smallest absolute Gasteiger partial charge is 0.280 e. The van der Waals surface area contributed by atoms with Gasteiger partial charge in [0.25, 0.3) is 5.91 Å². The van der Waals surface area contributed by atoms with Gasteiger partial charge in [0.1, 0.15) is 11.6 Å². The normalized spacial score (nSPS) is 14.4. The summed E-state index contributed by atoms with van der Waals surface area (Å²) < 4.78 is 19.1. The maximum Gasteiger partial charge on any atom is 0.280 e. The Hall–Kier alpha value is -2.17. The molecule has 5 heteroatoms. The zero-order valence-electron chi connectivity index (χ0n) is 11.9. The molecule has 0 radical (unpaired) electrons. The molecule has 0 spiro atoms. The largest absolute Gasteiger partial charge is 0.360 e. The molecule has 2 aromatic rings. The lowest BCUT2D eigenvalue weighted by molar-refractivity contribution is 0.0982. The molecule has 1 aliphatic carbocycles. The molecule has 1 aromatic carbocycles. The van der Waals surface area contributed by atoms with E-state index in [-0.39, 0.29) is 11.6 Å². The van der Waals surface area contributed by atoms with Gasteiger partial charge in [0.15, 0.2) is 5.69 Å². The van der Waals surface area contributed by atoms with E-state index in [2.05, 4.69) is 5.16 Å². The Morgan fingerprint density at radius 2 is 2.00 bits per heavy atom. The Morgan fingerprint density at radius 3 is 2.81 bits per heavy atom. The highest BCUT2D eigenvalue weighted by Crippen LogP contribution is 2.26. The number of amides is 1. The van der Waals surface area contributed by atoms with Crippen LogP contribution in [0.1, 0.15) is 41.1 Å². The van der Waals surface area contributed by atoms with Crippen LogP contribution in [0.15, 0.2) is 28.8 Å². The molecular weight excluding hydrogens is 271 g/mol. The lowest BCUT2D eigenvalue weighted by atomic mass is 10.1. The van der Waals surface area contributed by atoms with Crippen LogP contribution in [0.25, 0.3) is 0 Å². The molecule has 0 fully saturated rings. The first-order chi connectivity index (χ1) is 10.2. The number of carbonyl (C=O) groups is 1. The monoisotopic (exact) mass is 288 g/mol. The van der Waals surface area contributed by atoms with Crippen molar-refractivity contribution in [1.82, 2.24) is 5.16 Å². The topological polar surface area (TPSA) is 46.3 Å². The summed E-state index contributed by atoms with van der Waals surface area (Å²) in [6, 6.07) is 6.21. The van der Waals surface area contributed by atoms with Crippen molar-refractivity contribution in [3.8, 4) is 0 Å². The molecule has 1 aromatic heterocycles. The summed E-state index contributed by atoms with van der Waals surface area (Å²) in [7, 11) is 1.55. The van der Waals surface area contributed by atoms with Gasteiger partial charge in [0, 0.05) is 19.0 Å². The number of carbonyl (C=O) groups excluding carboxylic acids is 1. The molecule has 1 amide bonds. The molecule has 0 bridgehead atoms. The minimum absolute atomic E-state index is 0.243. The van der Waals surface area contributed by atoms with Crippen LogP contribution in [0, 0.1) is 5.82 Å². The number of para-hydroxylation sites is 1. The number of aromatic nitrogens is 1. The second-order valence-electron chi connectivity index (χ2n) is 5.31. The second-order valence-corrected chi connectivity index (χ2v) is 5.31.